The Morgan fingerprint density at radius 2 is 1.83 bits per heavy atom. The lowest BCUT2D eigenvalue weighted by molar-refractivity contribution is -0.384. The topological polar surface area (TPSA) is 107 Å². The fourth-order valence-electron chi connectivity index (χ4n) is 2.22. The van der Waals surface area contributed by atoms with Crippen LogP contribution in [0.1, 0.15) is 5.56 Å². The minimum absolute atomic E-state index is 0.278. The van der Waals surface area contributed by atoms with Crippen LogP contribution in [-0.4, -0.2) is 26.9 Å². The van der Waals surface area contributed by atoms with Gasteiger partial charge in [0.1, 0.15) is 5.69 Å². The van der Waals surface area contributed by atoms with E-state index in [1.165, 1.54) is 12.1 Å². The molecular formula is C15H16BrN3O4S. The van der Waals surface area contributed by atoms with Gasteiger partial charge in [0, 0.05) is 24.1 Å². The normalized spacial score (nSPS) is 11.3. The zero-order valence-electron chi connectivity index (χ0n) is 12.8. The van der Waals surface area contributed by atoms with E-state index in [-0.39, 0.29) is 10.6 Å². The van der Waals surface area contributed by atoms with Crippen LogP contribution in [-0.2, 0) is 16.4 Å². The first-order valence-electron chi connectivity index (χ1n) is 6.95. The third kappa shape index (κ3) is 4.53. The van der Waals surface area contributed by atoms with Gasteiger partial charge in [-0.2, -0.15) is 0 Å². The maximum atomic E-state index is 11.4. The van der Waals surface area contributed by atoms with Crippen LogP contribution in [0.2, 0.25) is 0 Å². The smallest absolute Gasteiger partial charge is 0.293 e. The Morgan fingerprint density at radius 1 is 1.21 bits per heavy atom. The summed E-state index contributed by atoms with van der Waals surface area (Å²) in [5.74, 6) is 0. The number of likely N-dealkylation sites (N-methyl/N-ethyl adjacent to an activating group) is 1. The zero-order valence-corrected chi connectivity index (χ0v) is 15.2. The summed E-state index contributed by atoms with van der Waals surface area (Å²) in [7, 11) is -2.27. The van der Waals surface area contributed by atoms with Crippen LogP contribution in [0, 0.1) is 10.1 Å². The van der Waals surface area contributed by atoms with Gasteiger partial charge >= 0.3 is 0 Å². The molecule has 128 valence electrons. The molecule has 0 aliphatic rings. The molecule has 0 atom stereocenters. The number of sulfonamides is 1. The van der Waals surface area contributed by atoms with Crippen molar-refractivity contribution in [3.05, 3.63) is 62.6 Å². The van der Waals surface area contributed by atoms with Gasteiger partial charge in [0.05, 0.1) is 9.82 Å². The molecule has 0 spiro atoms. The van der Waals surface area contributed by atoms with Crippen LogP contribution in [0.15, 0.2) is 51.8 Å². The van der Waals surface area contributed by atoms with Crippen molar-refractivity contribution in [1.29, 1.82) is 0 Å². The van der Waals surface area contributed by atoms with E-state index in [1.54, 1.807) is 11.9 Å². The molecule has 0 radical (unpaired) electrons. The maximum absolute atomic E-state index is 11.4. The summed E-state index contributed by atoms with van der Waals surface area (Å²) in [6, 6.07) is 11.5. The Labute approximate surface area is 148 Å². The average molecular weight is 414 g/mol. The number of hydrogen-bond acceptors (Lipinski definition) is 5. The fourth-order valence-corrected chi connectivity index (χ4v) is 3.02. The number of nitrogens with zero attached hydrogens (tertiary/aromatic N) is 2. The number of primary sulfonamides is 1. The lowest BCUT2D eigenvalue weighted by atomic mass is 10.1. The summed E-state index contributed by atoms with van der Waals surface area (Å²) < 4.78 is 23.7. The lowest BCUT2D eigenvalue weighted by Crippen LogP contribution is -2.22. The average Bonchev–Trinajstić information content (AvgIpc) is 2.52. The Bertz CT molecular complexity index is 854. The number of hydrogen-bond donors (Lipinski definition) is 1. The van der Waals surface area contributed by atoms with E-state index in [2.05, 4.69) is 15.9 Å². The van der Waals surface area contributed by atoms with Gasteiger partial charge in [0.2, 0.25) is 10.0 Å². The number of benzene rings is 2. The molecule has 9 heteroatoms. The number of nitrogens with two attached hydrogens (primary N) is 1. The van der Waals surface area contributed by atoms with Gasteiger partial charge in [-0.15, -0.1) is 0 Å². The molecule has 0 aromatic heterocycles. The molecule has 0 fully saturated rings. The molecule has 2 aromatic carbocycles. The molecule has 7 nitrogen and oxygen atoms in total. The van der Waals surface area contributed by atoms with E-state index in [9.17, 15) is 18.5 Å². The Balaban J connectivity index is 2.23. The SMILES string of the molecule is CN(CCc1ccc(Br)cc1)c1ccc(S(N)(=O)=O)cc1[N+](=O)[O-]. The van der Waals surface area contributed by atoms with Gasteiger partial charge in [0.25, 0.3) is 5.69 Å². The van der Waals surface area contributed by atoms with Crippen LogP contribution >= 0.6 is 15.9 Å². The summed E-state index contributed by atoms with van der Waals surface area (Å²) in [4.78, 5) is 12.1. The Morgan fingerprint density at radius 3 is 2.38 bits per heavy atom. The second kappa shape index (κ2) is 7.29. The molecule has 0 aliphatic heterocycles. The van der Waals surface area contributed by atoms with E-state index in [0.29, 0.717) is 18.7 Å². The predicted octanol–water partition coefficient (Wildman–Crippen LogP) is 2.68. The molecule has 0 heterocycles. The van der Waals surface area contributed by atoms with Crippen molar-refractivity contribution < 1.29 is 13.3 Å². The fraction of sp³-hybridized carbons (Fsp3) is 0.200. The summed E-state index contributed by atoms with van der Waals surface area (Å²) in [5.41, 5.74) is 1.14. The first-order valence-corrected chi connectivity index (χ1v) is 9.29. The van der Waals surface area contributed by atoms with Crippen LogP contribution in [0.3, 0.4) is 0 Å². The number of halogens is 1. The van der Waals surface area contributed by atoms with E-state index in [0.717, 1.165) is 16.1 Å². The van der Waals surface area contributed by atoms with Gasteiger partial charge in [-0.1, -0.05) is 28.1 Å². The van der Waals surface area contributed by atoms with Gasteiger partial charge in [-0.3, -0.25) is 10.1 Å². The molecule has 2 rings (SSSR count). The first-order chi connectivity index (χ1) is 11.2. The summed E-state index contributed by atoms with van der Waals surface area (Å²) in [6.45, 7) is 0.539. The van der Waals surface area contributed by atoms with E-state index >= 15 is 0 Å². The first kappa shape index (κ1) is 18.4. The van der Waals surface area contributed by atoms with Crippen LogP contribution in [0.25, 0.3) is 0 Å². The number of rotatable bonds is 6. The highest BCUT2D eigenvalue weighted by molar-refractivity contribution is 9.10. The molecule has 0 bridgehead atoms. The third-order valence-electron chi connectivity index (χ3n) is 3.53. The highest BCUT2D eigenvalue weighted by Gasteiger charge is 2.21. The predicted molar refractivity (Wildman–Crippen MR) is 95.6 cm³/mol. The minimum Gasteiger partial charge on any atom is -0.369 e. The lowest BCUT2D eigenvalue weighted by Gasteiger charge is -2.19. The van der Waals surface area contributed by atoms with Crippen LogP contribution in [0.4, 0.5) is 11.4 Å². The minimum atomic E-state index is -3.99. The molecular weight excluding hydrogens is 398 g/mol. The Hall–Kier alpha value is -1.97. The molecule has 24 heavy (non-hydrogen) atoms. The van der Waals surface area contributed by atoms with Crippen molar-refractivity contribution in [2.75, 3.05) is 18.5 Å². The number of nitro groups is 1. The highest BCUT2D eigenvalue weighted by atomic mass is 79.9. The number of nitro benzene ring substituents is 1. The van der Waals surface area contributed by atoms with Crippen LogP contribution < -0.4 is 10.0 Å². The number of anilines is 1. The zero-order chi connectivity index (χ0) is 17.9. The monoisotopic (exact) mass is 413 g/mol. The van der Waals surface area contributed by atoms with Crippen molar-refractivity contribution >= 4 is 37.3 Å². The van der Waals surface area contributed by atoms with Crippen molar-refractivity contribution in [3.63, 3.8) is 0 Å². The van der Waals surface area contributed by atoms with E-state index in [1.807, 2.05) is 24.3 Å². The van der Waals surface area contributed by atoms with Gasteiger partial charge in [-0.25, -0.2) is 13.6 Å². The maximum Gasteiger partial charge on any atom is 0.293 e. The van der Waals surface area contributed by atoms with Crippen LogP contribution in [0.5, 0.6) is 0 Å². The highest BCUT2D eigenvalue weighted by Crippen LogP contribution is 2.30. The van der Waals surface area contributed by atoms with Crippen molar-refractivity contribution in [1.82, 2.24) is 0 Å². The van der Waals surface area contributed by atoms with Crippen molar-refractivity contribution in [3.8, 4) is 0 Å². The van der Waals surface area contributed by atoms with Gasteiger partial charge in [0.15, 0.2) is 0 Å². The largest absolute Gasteiger partial charge is 0.369 e. The van der Waals surface area contributed by atoms with E-state index < -0.39 is 14.9 Å². The quantitative estimate of drug-likeness (QED) is 0.578. The molecule has 0 aliphatic carbocycles. The van der Waals surface area contributed by atoms with Gasteiger partial charge < -0.3 is 4.90 Å². The summed E-state index contributed by atoms with van der Waals surface area (Å²) >= 11 is 3.37. The summed E-state index contributed by atoms with van der Waals surface area (Å²) in [6.07, 6.45) is 0.692. The summed E-state index contributed by atoms with van der Waals surface area (Å²) in [5, 5.41) is 16.3. The van der Waals surface area contributed by atoms with Crippen molar-refractivity contribution in [2.45, 2.75) is 11.3 Å². The van der Waals surface area contributed by atoms with Gasteiger partial charge in [-0.05, 0) is 36.2 Å². The standard InChI is InChI=1S/C15H16BrN3O4S/c1-18(9-8-11-2-4-12(16)5-3-11)14-7-6-13(24(17,22)23)10-15(14)19(20)21/h2-7,10H,8-9H2,1H3,(H2,17,22,23). The molecule has 0 amide bonds. The second-order valence-electron chi connectivity index (χ2n) is 5.25. The van der Waals surface area contributed by atoms with Crippen molar-refractivity contribution in [2.24, 2.45) is 5.14 Å². The molecule has 0 unspecified atom stereocenters. The van der Waals surface area contributed by atoms with E-state index in [4.69, 9.17) is 5.14 Å². The molecule has 2 aromatic rings. The second-order valence-corrected chi connectivity index (χ2v) is 7.73. The molecule has 2 N–H and O–H groups in total. The molecule has 0 saturated heterocycles. The third-order valence-corrected chi connectivity index (χ3v) is 4.97. The Kier molecular flexibility index (Phi) is 5.58. The molecule has 0 saturated carbocycles.